The summed E-state index contributed by atoms with van der Waals surface area (Å²) in [7, 11) is 1.44. The van der Waals surface area contributed by atoms with Gasteiger partial charge in [-0.3, -0.25) is 9.80 Å². The van der Waals surface area contributed by atoms with Crippen molar-refractivity contribution in [3.8, 4) is 5.75 Å². The summed E-state index contributed by atoms with van der Waals surface area (Å²) in [5.74, 6) is 4.67. The number of carbonyl (C=O) groups excluding carboxylic acids is 1. The van der Waals surface area contributed by atoms with Crippen molar-refractivity contribution in [3.05, 3.63) is 29.6 Å². The van der Waals surface area contributed by atoms with Crippen molar-refractivity contribution in [2.24, 2.45) is 11.6 Å². The summed E-state index contributed by atoms with van der Waals surface area (Å²) >= 11 is 0. The fourth-order valence-corrected chi connectivity index (χ4v) is 1.47. The Balaban J connectivity index is 2.78. The maximum atomic E-state index is 13.6. The van der Waals surface area contributed by atoms with E-state index in [1.807, 2.05) is 0 Å². The summed E-state index contributed by atoms with van der Waals surface area (Å²) in [4.78, 5) is 11.4. The number of amides is 1. The van der Waals surface area contributed by atoms with Crippen LogP contribution in [0.4, 0.5) is 4.39 Å². The summed E-state index contributed by atoms with van der Waals surface area (Å²) in [6.07, 6.45) is 0.0282. The number of nitrogens with two attached hydrogens (primary N) is 2. The van der Waals surface area contributed by atoms with Gasteiger partial charge in [-0.1, -0.05) is 6.07 Å². The first-order valence-electron chi connectivity index (χ1n) is 5.64. The number of hydrazine groups is 1. The van der Waals surface area contributed by atoms with Gasteiger partial charge in [-0.05, 0) is 24.6 Å². The molecule has 0 bridgehead atoms. The van der Waals surface area contributed by atoms with Gasteiger partial charge in [0.1, 0.15) is 0 Å². The zero-order valence-electron chi connectivity index (χ0n) is 10.5. The van der Waals surface area contributed by atoms with E-state index in [0.29, 0.717) is 12.2 Å². The highest BCUT2D eigenvalue weighted by Crippen LogP contribution is 2.22. The predicted octanol–water partition coefficient (Wildman–Crippen LogP) is 0.946. The van der Waals surface area contributed by atoms with Crippen LogP contribution in [0.3, 0.4) is 0 Å². The molecule has 5 nitrogen and oxygen atoms in total. The van der Waals surface area contributed by atoms with Crippen molar-refractivity contribution in [1.29, 1.82) is 0 Å². The molecule has 1 unspecified atom stereocenters. The van der Waals surface area contributed by atoms with E-state index >= 15 is 0 Å². The molecule has 0 aliphatic rings. The van der Waals surface area contributed by atoms with Gasteiger partial charge >= 0.3 is 0 Å². The molecular formula is C12H18FN3O2. The van der Waals surface area contributed by atoms with E-state index in [0.717, 1.165) is 5.01 Å². The van der Waals surface area contributed by atoms with Crippen molar-refractivity contribution in [3.63, 3.8) is 0 Å². The summed E-state index contributed by atoms with van der Waals surface area (Å²) in [5.41, 5.74) is 6.35. The molecule has 1 amide bonds. The number of ether oxygens (including phenoxy) is 1. The number of hydrogen-bond acceptors (Lipinski definition) is 4. The van der Waals surface area contributed by atoms with Gasteiger partial charge in [-0.2, -0.15) is 0 Å². The first-order chi connectivity index (χ1) is 8.45. The first kappa shape index (κ1) is 14.4. The minimum Gasteiger partial charge on any atom is -0.491 e. The summed E-state index contributed by atoms with van der Waals surface area (Å²) < 4.78 is 18.7. The lowest BCUT2D eigenvalue weighted by atomic mass is 10.0. The van der Waals surface area contributed by atoms with Crippen molar-refractivity contribution >= 4 is 5.91 Å². The zero-order valence-corrected chi connectivity index (χ0v) is 10.5. The molecule has 0 aliphatic carbocycles. The van der Waals surface area contributed by atoms with Crippen LogP contribution in [0, 0.1) is 5.82 Å². The molecule has 6 heteroatoms. The number of benzene rings is 1. The van der Waals surface area contributed by atoms with E-state index in [2.05, 4.69) is 0 Å². The quantitative estimate of drug-likeness (QED) is 0.466. The van der Waals surface area contributed by atoms with Crippen LogP contribution >= 0.6 is 0 Å². The molecule has 0 aliphatic heterocycles. The molecule has 0 fully saturated rings. The fourth-order valence-electron chi connectivity index (χ4n) is 1.47. The van der Waals surface area contributed by atoms with E-state index < -0.39 is 11.9 Å². The van der Waals surface area contributed by atoms with E-state index in [1.165, 1.54) is 19.2 Å². The minimum absolute atomic E-state index is 0.0282. The van der Waals surface area contributed by atoms with Crippen molar-refractivity contribution < 1.29 is 13.9 Å². The second-order valence-corrected chi connectivity index (χ2v) is 3.94. The third-order valence-electron chi connectivity index (χ3n) is 2.47. The van der Waals surface area contributed by atoms with Crippen LogP contribution in [0.2, 0.25) is 0 Å². The number of carbonyl (C=O) groups is 1. The van der Waals surface area contributed by atoms with Gasteiger partial charge in [0, 0.05) is 19.5 Å². The van der Waals surface area contributed by atoms with E-state index in [-0.39, 0.29) is 18.1 Å². The number of rotatable bonds is 5. The fraction of sp³-hybridized carbons (Fsp3) is 0.417. The molecular weight excluding hydrogens is 237 g/mol. The Morgan fingerprint density at radius 3 is 2.72 bits per heavy atom. The monoisotopic (exact) mass is 255 g/mol. The highest BCUT2D eigenvalue weighted by Gasteiger charge is 2.15. The largest absolute Gasteiger partial charge is 0.491 e. The number of hydrogen-bond donors (Lipinski definition) is 2. The Labute approximate surface area is 105 Å². The molecule has 1 aromatic rings. The molecule has 1 atom stereocenters. The minimum atomic E-state index is -0.589. The van der Waals surface area contributed by atoms with Crippen molar-refractivity contribution in [1.82, 2.24) is 5.01 Å². The average Bonchev–Trinajstić information content (AvgIpc) is 2.31. The molecule has 0 saturated heterocycles. The lowest BCUT2D eigenvalue weighted by Gasteiger charge is -2.16. The maximum absolute atomic E-state index is 13.6. The molecule has 1 aromatic carbocycles. The standard InChI is InChI=1S/C12H18FN3O2/c1-3-18-11-5-4-8(6-9(11)13)10(14)7-12(17)16(2)15/h4-6,10H,3,7,14-15H2,1-2H3. The Hall–Kier alpha value is -1.66. The molecule has 0 spiro atoms. The van der Waals surface area contributed by atoms with Crippen LogP contribution in [0.1, 0.15) is 24.9 Å². The van der Waals surface area contributed by atoms with Crippen molar-refractivity contribution in [2.75, 3.05) is 13.7 Å². The lowest BCUT2D eigenvalue weighted by Crippen LogP contribution is -2.35. The molecule has 0 heterocycles. The maximum Gasteiger partial charge on any atom is 0.238 e. The van der Waals surface area contributed by atoms with Crippen LogP contribution < -0.4 is 16.3 Å². The molecule has 0 radical (unpaired) electrons. The van der Waals surface area contributed by atoms with Gasteiger partial charge < -0.3 is 10.5 Å². The Kier molecular flexibility index (Phi) is 5.06. The van der Waals surface area contributed by atoms with Gasteiger partial charge in [0.05, 0.1) is 6.61 Å². The van der Waals surface area contributed by atoms with Crippen LogP contribution in [0.25, 0.3) is 0 Å². The molecule has 0 saturated carbocycles. The van der Waals surface area contributed by atoms with Crippen molar-refractivity contribution in [2.45, 2.75) is 19.4 Å². The van der Waals surface area contributed by atoms with Gasteiger partial charge in [0.2, 0.25) is 5.91 Å². The Morgan fingerprint density at radius 2 is 2.22 bits per heavy atom. The summed E-state index contributed by atoms with van der Waals surface area (Å²) in [6, 6.07) is 3.83. The second-order valence-electron chi connectivity index (χ2n) is 3.94. The van der Waals surface area contributed by atoms with Crippen LogP contribution in [-0.4, -0.2) is 24.6 Å². The first-order valence-corrected chi connectivity index (χ1v) is 5.64. The predicted molar refractivity (Wildman–Crippen MR) is 66.1 cm³/mol. The van der Waals surface area contributed by atoms with Gasteiger partial charge in [0.15, 0.2) is 11.6 Å². The van der Waals surface area contributed by atoms with Crippen LogP contribution in [0.15, 0.2) is 18.2 Å². The average molecular weight is 255 g/mol. The highest BCUT2D eigenvalue weighted by atomic mass is 19.1. The molecule has 100 valence electrons. The lowest BCUT2D eigenvalue weighted by molar-refractivity contribution is -0.130. The molecule has 4 N–H and O–H groups in total. The number of nitrogens with zero attached hydrogens (tertiary/aromatic N) is 1. The highest BCUT2D eigenvalue weighted by molar-refractivity contribution is 5.76. The Morgan fingerprint density at radius 1 is 1.56 bits per heavy atom. The van der Waals surface area contributed by atoms with Gasteiger partial charge in [0.25, 0.3) is 0 Å². The van der Waals surface area contributed by atoms with E-state index in [4.69, 9.17) is 16.3 Å². The van der Waals surface area contributed by atoms with Crippen LogP contribution in [0.5, 0.6) is 5.75 Å². The Bertz CT molecular complexity index is 424. The smallest absolute Gasteiger partial charge is 0.238 e. The van der Waals surface area contributed by atoms with Gasteiger partial charge in [-0.15, -0.1) is 0 Å². The summed E-state index contributed by atoms with van der Waals surface area (Å²) in [6.45, 7) is 2.16. The SMILES string of the molecule is CCOc1ccc(C(N)CC(=O)N(C)N)cc1F. The molecule has 1 rings (SSSR count). The molecule has 0 aromatic heterocycles. The second kappa shape index (κ2) is 6.32. The summed E-state index contributed by atoms with van der Waals surface area (Å²) in [5, 5.41) is 0.963. The van der Waals surface area contributed by atoms with E-state index in [1.54, 1.807) is 13.0 Å². The van der Waals surface area contributed by atoms with Crippen LogP contribution in [-0.2, 0) is 4.79 Å². The third-order valence-corrected chi connectivity index (χ3v) is 2.47. The molecule has 18 heavy (non-hydrogen) atoms. The topological polar surface area (TPSA) is 81.6 Å². The van der Waals surface area contributed by atoms with E-state index in [9.17, 15) is 9.18 Å². The normalized spacial score (nSPS) is 12.1. The zero-order chi connectivity index (χ0) is 13.7. The van der Waals surface area contributed by atoms with Gasteiger partial charge in [-0.25, -0.2) is 10.2 Å². The third kappa shape index (κ3) is 3.68. The number of halogens is 1.